The van der Waals surface area contributed by atoms with Crippen LogP contribution >= 0.6 is 11.3 Å². The number of aromatic carboxylic acids is 1. The molecule has 0 atom stereocenters. The van der Waals surface area contributed by atoms with E-state index in [0.29, 0.717) is 11.4 Å². The number of rotatable bonds is 3. The Labute approximate surface area is 107 Å². The summed E-state index contributed by atoms with van der Waals surface area (Å²) in [5.41, 5.74) is 0.684. The average molecular weight is 262 g/mol. The highest BCUT2D eigenvalue weighted by molar-refractivity contribution is 7.10. The number of anilines is 1. The number of carbonyl (C=O) groups excluding carboxylic acids is 1. The minimum Gasteiger partial charge on any atom is -0.478 e. The molecule has 0 bridgehead atoms. The monoisotopic (exact) mass is 262 g/mol. The number of aryl methyl sites for hydroxylation is 1. The SMILES string of the molecule is Cc1sccc1C(=O)Nc1ccc(C(=O)O)cn1. The van der Waals surface area contributed by atoms with Crippen LogP contribution in [0.15, 0.2) is 29.8 Å². The minimum absolute atomic E-state index is 0.0831. The lowest BCUT2D eigenvalue weighted by atomic mass is 10.2. The summed E-state index contributed by atoms with van der Waals surface area (Å²) in [6.45, 7) is 1.86. The van der Waals surface area contributed by atoms with Gasteiger partial charge in [0.05, 0.1) is 11.1 Å². The van der Waals surface area contributed by atoms with E-state index in [4.69, 9.17) is 5.11 Å². The molecule has 2 aromatic rings. The van der Waals surface area contributed by atoms with Crippen molar-refractivity contribution in [3.63, 3.8) is 0 Å². The molecule has 0 aliphatic heterocycles. The van der Waals surface area contributed by atoms with Crippen molar-refractivity contribution in [2.24, 2.45) is 0 Å². The highest BCUT2D eigenvalue weighted by Gasteiger charge is 2.11. The molecule has 92 valence electrons. The van der Waals surface area contributed by atoms with E-state index >= 15 is 0 Å². The number of nitrogens with one attached hydrogen (secondary N) is 1. The zero-order valence-electron chi connectivity index (χ0n) is 9.51. The van der Waals surface area contributed by atoms with Crippen LogP contribution < -0.4 is 5.32 Å². The van der Waals surface area contributed by atoms with Crippen LogP contribution in [0.25, 0.3) is 0 Å². The first-order valence-electron chi connectivity index (χ1n) is 5.12. The highest BCUT2D eigenvalue weighted by atomic mass is 32.1. The molecule has 2 heterocycles. The van der Waals surface area contributed by atoms with Crippen molar-refractivity contribution in [1.82, 2.24) is 4.98 Å². The van der Waals surface area contributed by atoms with E-state index in [0.717, 1.165) is 4.88 Å². The molecule has 0 aromatic carbocycles. The van der Waals surface area contributed by atoms with E-state index in [1.54, 1.807) is 6.07 Å². The molecule has 0 saturated heterocycles. The lowest BCUT2D eigenvalue weighted by Gasteiger charge is -2.03. The predicted octanol–water partition coefficient (Wildman–Crippen LogP) is 2.40. The summed E-state index contributed by atoms with van der Waals surface area (Å²) in [4.78, 5) is 27.3. The number of carboxylic acids is 1. The van der Waals surface area contributed by atoms with E-state index < -0.39 is 5.97 Å². The maximum absolute atomic E-state index is 11.9. The van der Waals surface area contributed by atoms with Gasteiger partial charge in [-0.2, -0.15) is 0 Å². The van der Waals surface area contributed by atoms with Crippen LogP contribution in [0.5, 0.6) is 0 Å². The van der Waals surface area contributed by atoms with Gasteiger partial charge < -0.3 is 10.4 Å². The number of thiophene rings is 1. The van der Waals surface area contributed by atoms with Crippen molar-refractivity contribution in [2.75, 3.05) is 5.32 Å². The third-order valence-corrected chi connectivity index (χ3v) is 3.20. The molecule has 18 heavy (non-hydrogen) atoms. The Hall–Kier alpha value is -2.21. The highest BCUT2D eigenvalue weighted by Crippen LogP contribution is 2.16. The number of carbonyl (C=O) groups is 2. The van der Waals surface area contributed by atoms with Gasteiger partial charge in [0.2, 0.25) is 0 Å². The van der Waals surface area contributed by atoms with E-state index in [-0.39, 0.29) is 11.5 Å². The Balaban J connectivity index is 2.13. The van der Waals surface area contributed by atoms with Gasteiger partial charge >= 0.3 is 5.97 Å². The maximum atomic E-state index is 11.9. The summed E-state index contributed by atoms with van der Waals surface area (Å²) in [6.07, 6.45) is 1.21. The van der Waals surface area contributed by atoms with Crippen molar-refractivity contribution in [3.8, 4) is 0 Å². The van der Waals surface area contributed by atoms with Gasteiger partial charge in [-0.3, -0.25) is 4.79 Å². The first-order valence-corrected chi connectivity index (χ1v) is 6.00. The molecule has 1 amide bonds. The average Bonchev–Trinajstić information content (AvgIpc) is 2.76. The summed E-state index contributed by atoms with van der Waals surface area (Å²) in [6, 6.07) is 4.59. The molecule has 0 aliphatic rings. The molecule has 2 rings (SSSR count). The van der Waals surface area contributed by atoms with Crippen molar-refractivity contribution in [2.45, 2.75) is 6.92 Å². The van der Waals surface area contributed by atoms with Crippen LogP contribution in [0.2, 0.25) is 0 Å². The number of amides is 1. The molecule has 0 aliphatic carbocycles. The second-order valence-corrected chi connectivity index (χ2v) is 4.70. The molecule has 0 fully saturated rings. The van der Waals surface area contributed by atoms with E-state index in [2.05, 4.69) is 10.3 Å². The van der Waals surface area contributed by atoms with Crippen molar-refractivity contribution in [3.05, 3.63) is 45.8 Å². The number of aromatic nitrogens is 1. The smallest absolute Gasteiger partial charge is 0.337 e. The summed E-state index contributed by atoms with van der Waals surface area (Å²) >= 11 is 1.49. The Morgan fingerprint density at radius 3 is 2.61 bits per heavy atom. The molecular weight excluding hydrogens is 252 g/mol. The van der Waals surface area contributed by atoms with Gasteiger partial charge in [-0.1, -0.05) is 0 Å². The van der Waals surface area contributed by atoms with Gasteiger partial charge in [0.1, 0.15) is 5.82 Å². The minimum atomic E-state index is -1.05. The first kappa shape index (κ1) is 12.3. The second kappa shape index (κ2) is 4.97. The molecule has 2 aromatic heterocycles. The van der Waals surface area contributed by atoms with Gasteiger partial charge in [0, 0.05) is 11.1 Å². The summed E-state index contributed by atoms with van der Waals surface area (Å²) in [5.74, 6) is -0.964. The van der Waals surface area contributed by atoms with Gasteiger partial charge in [-0.25, -0.2) is 9.78 Å². The molecule has 0 unspecified atom stereocenters. The van der Waals surface area contributed by atoms with Gasteiger partial charge in [0.15, 0.2) is 0 Å². The lowest BCUT2D eigenvalue weighted by molar-refractivity contribution is 0.0696. The Kier molecular flexibility index (Phi) is 3.38. The fraction of sp³-hybridized carbons (Fsp3) is 0.0833. The third kappa shape index (κ3) is 2.54. The van der Waals surface area contributed by atoms with Gasteiger partial charge in [0.25, 0.3) is 5.91 Å². The van der Waals surface area contributed by atoms with Gasteiger partial charge in [-0.05, 0) is 30.5 Å². The van der Waals surface area contributed by atoms with E-state index in [1.807, 2.05) is 12.3 Å². The standard InChI is InChI=1S/C12H10N2O3S/c1-7-9(4-5-18-7)11(15)14-10-3-2-8(6-13-10)12(16)17/h2-6H,1H3,(H,16,17)(H,13,14,15). The molecule has 0 radical (unpaired) electrons. The largest absolute Gasteiger partial charge is 0.478 e. The zero-order valence-corrected chi connectivity index (χ0v) is 10.3. The Bertz CT molecular complexity index is 590. The Morgan fingerprint density at radius 1 is 1.33 bits per heavy atom. The molecule has 0 saturated carbocycles. The molecular formula is C12H10N2O3S. The van der Waals surface area contributed by atoms with Crippen LogP contribution in [0, 0.1) is 6.92 Å². The van der Waals surface area contributed by atoms with Crippen LogP contribution in [0.3, 0.4) is 0 Å². The van der Waals surface area contributed by atoms with Crippen molar-refractivity contribution in [1.29, 1.82) is 0 Å². The molecule has 0 spiro atoms. The number of hydrogen-bond donors (Lipinski definition) is 2. The Morgan fingerprint density at radius 2 is 2.11 bits per heavy atom. The van der Waals surface area contributed by atoms with E-state index in [1.165, 1.54) is 29.7 Å². The fourth-order valence-corrected chi connectivity index (χ4v) is 2.09. The molecule has 5 nitrogen and oxygen atoms in total. The lowest BCUT2D eigenvalue weighted by Crippen LogP contribution is -2.13. The third-order valence-electron chi connectivity index (χ3n) is 2.36. The van der Waals surface area contributed by atoms with Gasteiger partial charge in [-0.15, -0.1) is 11.3 Å². The quantitative estimate of drug-likeness (QED) is 0.890. The summed E-state index contributed by atoms with van der Waals surface area (Å²) in [7, 11) is 0. The normalized spacial score (nSPS) is 10.1. The van der Waals surface area contributed by atoms with Crippen LogP contribution in [0.1, 0.15) is 25.6 Å². The fourth-order valence-electron chi connectivity index (χ4n) is 1.40. The summed E-state index contributed by atoms with van der Waals surface area (Å²) < 4.78 is 0. The molecule has 2 N–H and O–H groups in total. The number of hydrogen-bond acceptors (Lipinski definition) is 4. The number of carboxylic acid groups (broad SMARTS) is 1. The van der Waals surface area contributed by atoms with E-state index in [9.17, 15) is 9.59 Å². The van der Waals surface area contributed by atoms with Crippen LogP contribution in [-0.4, -0.2) is 22.0 Å². The van der Waals surface area contributed by atoms with Crippen LogP contribution in [-0.2, 0) is 0 Å². The number of nitrogens with zero attached hydrogens (tertiary/aromatic N) is 1. The second-order valence-electron chi connectivity index (χ2n) is 3.58. The zero-order chi connectivity index (χ0) is 13.1. The maximum Gasteiger partial charge on any atom is 0.337 e. The predicted molar refractivity (Wildman–Crippen MR) is 68.2 cm³/mol. The van der Waals surface area contributed by atoms with Crippen molar-refractivity contribution >= 4 is 29.0 Å². The molecule has 6 heteroatoms. The van der Waals surface area contributed by atoms with Crippen molar-refractivity contribution < 1.29 is 14.7 Å². The summed E-state index contributed by atoms with van der Waals surface area (Å²) in [5, 5.41) is 13.2. The topological polar surface area (TPSA) is 79.3 Å². The number of pyridine rings is 1. The first-order chi connectivity index (χ1) is 8.58. The van der Waals surface area contributed by atoms with Crippen LogP contribution in [0.4, 0.5) is 5.82 Å².